The van der Waals surface area contributed by atoms with Crippen LogP contribution in [-0.4, -0.2) is 47.7 Å². The predicted octanol–water partition coefficient (Wildman–Crippen LogP) is 2.82. The zero-order valence-electron chi connectivity index (χ0n) is 12.2. The molecule has 1 aromatic rings. The van der Waals surface area contributed by atoms with Gasteiger partial charge in [-0.15, -0.1) is 0 Å². The van der Waals surface area contributed by atoms with E-state index in [0.29, 0.717) is 22.9 Å². The molecule has 6 heteroatoms. The summed E-state index contributed by atoms with van der Waals surface area (Å²) in [6, 6.07) is 1.05. The van der Waals surface area contributed by atoms with Gasteiger partial charge in [0, 0.05) is 19.1 Å². The summed E-state index contributed by atoms with van der Waals surface area (Å²) in [5.74, 6) is 0.644. The molecule has 0 saturated carbocycles. The Kier molecular flexibility index (Phi) is 5.86. The third-order valence-corrected chi connectivity index (χ3v) is 4.04. The van der Waals surface area contributed by atoms with E-state index in [-0.39, 0.29) is 0 Å². The highest BCUT2D eigenvalue weighted by Crippen LogP contribution is 2.20. The molecule has 0 bridgehead atoms. The molecule has 20 heavy (non-hydrogen) atoms. The van der Waals surface area contributed by atoms with Gasteiger partial charge in [0.1, 0.15) is 5.02 Å². The number of halogens is 1. The molecule has 2 rings (SSSR count). The normalized spacial score (nSPS) is 19.9. The number of hydrogen-bond donors (Lipinski definition) is 1. The second-order valence-electron chi connectivity index (χ2n) is 5.21. The van der Waals surface area contributed by atoms with Gasteiger partial charge in [-0.2, -0.15) is 4.98 Å². The monoisotopic (exact) mass is 298 g/mol. The highest BCUT2D eigenvalue weighted by molar-refractivity contribution is 6.32. The lowest BCUT2D eigenvalue weighted by Gasteiger charge is -2.33. The van der Waals surface area contributed by atoms with Crippen molar-refractivity contribution in [1.29, 1.82) is 0 Å². The lowest BCUT2D eigenvalue weighted by molar-refractivity contribution is 0.160. The largest absolute Gasteiger partial charge is 0.467 e. The first-order valence-electron chi connectivity index (χ1n) is 7.25. The summed E-state index contributed by atoms with van der Waals surface area (Å²) in [5.41, 5.74) is 0. The van der Waals surface area contributed by atoms with Crippen LogP contribution in [0.1, 0.15) is 32.6 Å². The van der Waals surface area contributed by atoms with Crippen LogP contribution in [0.4, 0.5) is 5.82 Å². The molecule has 1 atom stereocenters. The van der Waals surface area contributed by atoms with Crippen LogP contribution in [0.25, 0.3) is 0 Å². The fourth-order valence-corrected chi connectivity index (χ4v) is 2.71. The average Bonchev–Trinajstić information content (AvgIpc) is 2.47. The molecular weight excluding hydrogens is 276 g/mol. The van der Waals surface area contributed by atoms with Gasteiger partial charge >= 0.3 is 6.01 Å². The molecule has 1 aliphatic heterocycles. The van der Waals surface area contributed by atoms with Crippen LogP contribution in [0.3, 0.4) is 0 Å². The predicted molar refractivity (Wildman–Crippen MR) is 81.6 cm³/mol. The standard InChI is InChI=1S/C14H23ClN4O/c1-11-6-3-4-8-19(11)9-5-7-16-13-12(15)10-17-14(18-13)20-2/h10-11H,3-9H2,1-2H3,(H,16,17,18). The van der Waals surface area contributed by atoms with E-state index in [1.54, 1.807) is 13.3 Å². The summed E-state index contributed by atoms with van der Waals surface area (Å²) >= 11 is 6.05. The molecule has 0 aliphatic carbocycles. The second-order valence-corrected chi connectivity index (χ2v) is 5.62. The number of methoxy groups -OCH3 is 1. The Morgan fingerprint density at radius 1 is 1.50 bits per heavy atom. The van der Waals surface area contributed by atoms with Gasteiger partial charge in [-0.05, 0) is 32.7 Å². The maximum Gasteiger partial charge on any atom is 0.318 e. The Bertz CT molecular complexity index is 430. The average molecular weight is 299 g/mol. The molecule has 2 heterocycles. The van der Waals surface area contributed by atoms with E-state index in [2.05, 4.69) is 27.1 Å². The third kappa shape index (κ3) is 4.21. The quantitative estimate of drug-likeness (QED) is 0.819. The van der Waals surface area contributed by atoms with Crippen molar-refractivity contribution < 1.29 is 4.74 Å². The van der Waals surface area contributed by atoms with Crippen molar-refractivity contribution in [3.8, 4) is 6.01 Å². The fraction of sp³-hybridized carbons (Fsp3) is 0.714. The molecule has 0 spiro atoms. The van der Waals surface area contributed by atoms with E-state index >= 15 is 0 Å². The third-order valence-electron chi connectivity index (χ3n) is 3.76. The summed E-state index contributed by atoms with van der Waals surface area (Å²) in [5, 5.41) is 3.78. The Hall–Kier alpha value is -1.07. The van der Waals surface area contributed by atoms with Crippen molar-refractivity contribution >= 4 is 17.4 Å². The van der Waals surface area contributed by atoms with Crippen LogP contribution < -0.4 is 10.1 Å². The number of anilines is 1. The highest BCUT2D eigenvalue weighted by atomic mass is 35.5. The van der Waals surface area contributed by atoms with Crippen molar-refractivity contribution in [1.82, 2.24) is 14.9 Å². The number of nitrogens with zero attached hydrogens (tertiary/aromatic N) is 3. The molecule has 1 saturated heterocycles. The summed E-state index contributed by atoms with van der Waals surface area (Å²) in [6.07, 6.45) is 6.65. The Morgan fingerprint density at radius 3 is 3.10 bits per heavy atom. The summed E-state index contributed by atoms with van der Waals surface area (Å²) in [6.45, 7) is 5.51. The zero-order chi connectivity index (χ0) is 14.4. The van der Waals surface area contributed by atoms with E-state index in [1.807, 2.05) is 0 Å². The van der Waals surface area contributed by atoms with Crippen LogP contribution in [0.5, 0.6) is 6.01 Å². The number of aromatic nitrogens is 2. The lowest BCUT2D eigenvalue weighted by atomic mass is 10.0. The van der Waals surface area contributed by atoms with Crippen molar-refractivity contribution in [3.63, 3.8) is 0 Å². The zero-order valence-corrected chi connectivity index (χ0v) is 13.0. The SMILES string of the molecule is COc1ncc(Cl)c(NCCCN2CCCCC2C)n1. The second kappa shape index (κ2) is 7.64. The van der Waals surface area contributed by atoms with Gasteiger partial charge < -0.3 is 15.0 Å². The summed E-state index contributed by atoms with van der Waals surface area (Å²) in [4.78, 5) is 10.7. The van der Waals surface area contributed by atoms with Crippen LogP contribution in [-0.2, 0) is 0 Å². The maximum absolute atomic E-state index is 6.05. The van der Waals surface area contributed by atoms with Crippen molar-refractivity contribution in [3.05, 3.63) is 11.2 Å². The number of nitrogens with one attached hydrogen (secondary N) is 1. The number of hydrogen-bond acceptors (Lipinski definition) is 5. The molecular formula is C14H23ClN4O. The molecule has 1 unspecified atom stereocenters. The summed E-state index contributed by atoms with van der Waals surface area (Å²) in [7, 11) is 1.55. The summed E-state index contributed by atoms with van der Waals surface area (Å²) < 4.78 is 5.00. The van der Waals surface area contributed by atoms with E-state index < -0.39 is 0 Å². The minimum absolute atomic E-state index is 0.335. The van der Waals surface area contributed by atoms with E-state index in [1.165, 1.54) is 25.8 Å². The number of rotatable bonds is 6. The fourth-order valence-electron chi connectivity index (χ4n) is 2.55. The maximum atomic E-state index is 6.05. The van der Waals surface area contributed by atoms with Gasteiger partial charge in [-0.1, -0.05) is 18.0 Å². The van der Waals surface area contributed by atoms with Gasteiger partial charge in [0.15, 0.2) is 5.82 Å². The van der Waals surface area contributed by atoms with Crippen molar-refractivity contribution in [2.45, 2.75) is 38.6 Å². The molecule has 0 amide bonds. The van der Waals surface area contributed by atoms with Crippen LogP contribution >= 0.6 is 11.6 Å². The topological polar surface area (TPSA) is 50.3 Å². The van der Waals surface area contributed by atoms with Crippen molar-refractivity contribution in [2.24, 2.45) is 0 Å². The van der Waals surface area contributed by atoms with E-state index in [4.69, 9.17) is 16.3 Å². The highest BCUT2D eigenvalue weighted by Gasteiger charge is 2.17. The molecule has 1 N–H and O–H groups in total. The molecule has 1 aliphatic rings. The smallest absolute Gasteiger partial charge is 0.318 e. The Morgan fingerprint density at radius 2 is 2.35 bits per heavy atom. The van der Waals surface area contributed by atoms with Crippen molar-refractivity contribution in [2.75, 3.05) is 32.1 Å². The Balaban J connectivity index is 1.75. The molecule has 0 aromatic carbocycles. The molecule has 0 radical (unpaired) electrons. The molecule has 112 valence electrons. The van der Waals surface area contributed by atoms with E-state index in [9.17, 15) is 0 Å². The first kappa shape index (κ1) is 15.3. The minimum atomic E-state index is 0.335. The minimum Gasteiger partial charge on any atom is -0.467 e. The van der Waals surface area contributed by atoms with Crippen LogP contribution in [0.15, 0.2) is 6.20 Å². The van der Waals surface area contributed by atoms with Gasteiger partial charge in [0.05, 0.1) is 13.3 Å². The molecule has 1 fully saturated rings. The van der Waals surface area contributed by atoms with Gasteiger partial charge in [-0.3, -0.25) is 0 Å². The van der Waals surface area contributed by atoms with E-state index in [0.717, 1.165) is 19.5 Å². The van der Waals surface area contributed by atoms with Gasteiger partial charge in [0.2, 0.25) is 0 Å². The first-order valence-corrected chi connectivity index (χ1v) is 7.63. The van der Waals surface area contributed by atoms with Gasteiger partial charge in [-0.25, -0.2) is 4.98 Å². The lowest BCUT2D eigenvalue weighted by Crippen LogP contribution is -2.38. The van der Waals surface area contributed by atoms with Gasteiger partial charge in [0.25, 0.3) is 0 Å². The number of likely N-dealkylation sites (tertiary alicyclic amines) is 1. The molecule has 1 aromatic heterocycles. The first-order chi connectivity index (χ1) is 9.70. The number of ether oxygens (including phenoxy) is 1. The Labute approximate surface area is 125 Å². The molecule has 5 nitrogen and oxygen atoms in total. The van der Waals surface area contributed by atoms with Crippen LogP contribution in [0, 0.1) is 0 Å². The number of piperidine rings is 1. The van der Waals surface area contributed by atoms with Crippen LogP contribution in [0.2, 0.25) is 5.02 Å².